The SMILES string of the molecule is Cc1ccc2c(c1)C1=C(CCCC1=O)C2. The highest BCUT2D eigenvalue weighted by Gasteiger charge is 2.28. The van der Waals surface area contributed by atoms with Gasteiger partial charge in [-0.15, -0.1) is 0 Å². The van der Waals surface area contributed by atoms with Gasteiger partial charge in [0.15, 0.2) is 5.78 Å². The van der Waals surface area contributed by atoms with Crippen molar-refractivity contribution in [2.45, 2.75) is 32.6 Å². The van der Waals surface area contributed by atoms with Crippen LogP contribution in [0.15, 0.2) is 23.8 Å². The van der Waals surface area contributed by atoms with E-state index in [-0.39, 0.29) is 0 Å². The van der Waals surface area contributed by atoms with Crippen molar-refractivity contribution in [1.29, 1.82) is 0 Å². The van der Waals surface area contributed by atoms with E-state index >= 15 is 0 Å². The van der Waals surface area contributed by atoms with Gasteiger partial charge in [-0.05, 0) is 37.3 Å². The van der Waals surface area contributed by atoms with Crippen molar-refractivity contribution in [2.24, 2.45) is 0 Å². The van der Waals surface area contributed by atoms with E-state index in [0.717, 1.165) is 31.3 Å². The minimum absolute atomic E-state index is 0.362. The van der Waals surface area contributed by atoms with E-state index in [1.807, 2.05) is 0 Å². The van der Waals surface area contributed by atoms with Crippen molar-refractivity contribution < 1.29 is 4.79 Å². The summed E-state index contributed by atoms with van der Waals surface area (Å²) in [6.45, 7) is 2.09. The van der Waals surface area contributed by atoms with Gasteiger partial charge in [0.1, 0.15) is 0 Å². The highest BCUT2D eigenvalue weighted by atomic mass is 16.1. The van der Waals surface area contributed by atoms with E-state index in [1.54, 1.807) is 0 Å². The van der Waals surface area contributed by atoms with Crippen LogP contribution in [0.1, 0.15) is 36.0 Å². The van der Waals surface area contributed by atoms with Crippen LogP contribution in [0.3, 0.4) is 0 Å². The fourth-order valence-corrected chi connectivity index (χ4v) is 2.73. The predicted octanol–water partition coefficient (Wildman–Crippen LogP) is 3.06. The number of allylic oxidation sites excluding steroid dienone is 2. The minimum Gasteiger partial charge on any atom is -0.294 e. The second-order valence-electron chi connectivity index (χ2n) is 4.59. The standard InChI is InChI=1S/C14H14O/c1-9-5-6-10-8-11-3-2-4-13(15)14(11)12(10)7-9/h5-7H,2-4,8H2,1H3. The van der Waals surface area contributed by atoms with Crippen LogP contribution in [0.25, 0.3) is 5.57 Å². The number of fused-ring (bicyclic) bond motifs is 2. The minimum atomic E-state index is 0.362. The monoisotopic (exact) mass is 198 g/mol. The molecule has 0 atom stereocenters. The average molecular weight is 198 g/mol. The van der Waals surface area contributed by atoms with Gasteiger partial charge in [-0.3, -0.25) is 4.79 Å². The molecule has 0 radical (unpaired) electrons. The van der Waals surface area contributed by atoms with Gasteiger partial charge < -0.3 is 0 Å². The van der Waals surface area contributed by atoms with Crippen molar-refractivity contribution in [3.63, 3.8) is 0 Å². The van der Waals surface area contributed by atoms with Crippen molar-refractivity contribution in [1.82, 2.24) is 0 Å². The quantitative estimate of drug-likeness (QED) is 0.626. The van der Waals surface area contributed by atoms with Gasteiger partial charge in [0.05, 0.1) is 0 Å². The number of benzene rings is 1. The summed E-state index contributed by atoms with van der Waals surface area (Å²) in [5.74, 6) is 0.362. The molecule has 15 heavy (non-hydrogen) atoms. The lowest BCUT2D eigenvalue weighted by atomic mass is 9.90. The van der Waals surface area contributed by atoms with E-state index in [4.69, 9.17) is 0 Å². The number of hydrogen-bond donors (Lipinski definition) is 0. The zero-order chi connectivity index (χ0) is 10.4. The van der Waals surface area contributed by atoms with Gasteiger partial charge in [-0.25, -0.2) is 0 Å². The first-order valence-electron chi connectivity index (χ1n) is 5.61. The first kappa shape index (κ1) is 8.90. The molecule has 0 aliphatic heterocycles. The summed E-state index contributed by atoms with van der Waals surface area (Å²) in [7, 11) is 0. The molecule has 0 aromatic heterocycles. The molecule has 1 heteroatoms. The van der Waals surface area contributed by atoms with E-state index in [9.17, 15) is 4.79 Å². The van der Waals surface area contributed by atoms with Crippen LogP contribution >= 0.6 is 0 Å². The summed E-state index contributed by atoms with van der Waals surface area (Å²) in [5, 5.41) is 0. The van der Waals surface area contributed by atoms with Crippen LogP contribution in [-0.2, 0) is 11.2 Å². The fourth-order valence-electron chi connectivity index (χ4n) is 2.73. The Morgan fingerprint density at radius 3 is 2.93 bits per heavy atom. The number of rotatable bonds is 0. The Labute approximate surface area is 89.8 Å². The maximum atomic E-state index is 11.9. The molecule has 0 fully saturated rings. The van der Waals surface area contributed by atoms with Crippen molar-refractivity contribution in [2.75, 3.05) is 0 Å². The molecule has 0 unspecified atom stereocenters. The third kappa shape index (κ3) is 1.26. The molecule has 1 aromatic rings. The van der Waals surface area contributed by atoms with E-state index < -0.39 is 0 Å². The van der Waals surface area contributed by atoms with Crippen LogP contribution in [0.5, 0.6) is 0 Å². The van der Waals surface area contributed by atoms with E-state index in [1.165, 1.54) is 22.3 Å². The largest absolute Gasteiger partial charge is 0.294 e. The topological polar surface area (TPSA) is 17.1 Å². The van der Waals surface area contributed by atoms with Gasteiger partial charge in [0.2, 0.25) is 0 Å². The molecule has 1 aromatic carbocycles. The Morgan fingerprint density at radius 2 is 2.07 bits per heavy atom. The maximum absolute atomic E-state index is 11.9. The normalized spacial score (nSPS) is 19.1. The zero-order valence-corrected chi connectivity index (χ0v) is 8.97. The van der Waals surface area contributed by atoms with Gasteiger partial charge in [-0.2, -0.15) is 0 Å². The van der Waals surface area contributed by atoms with Crippen LogP contribution in [0.4, 0.5) is 0 Å². The number of ketones is 1. The summed E-state index contributed by atoms with van der Waals surface area (Å²) >= 11 is 0. The van der Waals surface area contributed by atoms with Crippen molar-refractivity contribution in [3.05, 3.63) is 40.5 Å². The second-order valence-corrected chi connectivity index (χ2v) is 4.59. The van der Waals surface area contributed by atoms with Crippen molar-refractivity contribution in [3.8, 4) is 0 Å². The molecular formula is C14H14O. The van der Waals surface area contributed by atoms with E-state index in [2.05, 4.69) is 25.1 Å². The lowest BCUT2D eigenvalue weighted by Crippen LogP contribution is -2.07. The highest BCUT2D eigenvalue weighted by molar-refractivity contribution is 6.23. The number of Topliss-reactive ketones (excluding diaryl/α,β-unsaturated/α-hetero) is 1. The third-order valence-electron chi connectivity index (χ3n) is 3.45. The molecule has 76 valence electrons. The maximum Gasteiger partial charge on any atom is 0.163 e. The summed E-state index contributed by atoms with van der Waals surface area (Å²) in [5.41, 5.74) is 6.25. The number of aryl methyl sites for hydroxylation is 1. The van der Waals surface area contributed by atoms with Crippen LogP contribution in [0, 0.1) is 6.92 Å². The van der Waals surface area contributed by atoms with Crippen LogP contribution in [-0.4, -0.2) is 5.78 Å². The molecule has 1 nitrogen and oxygen atoms in total. The van der Waals surface area contributed by atoms with Crippen LogP contribution in [0.2, 0.25) is 0 Å². The molecule has 3 rings (SSSR count). The highest BCUT2D eigenvalue weighted by Crippen LogP contribution is 2.39. The van der Waals surface area contributed by atoms with Gasteiger partial charge in [-0.1, -0.05) is 29.3 Å². The van der Waals surface area contributed by atoms with Crippen molar-refractivity contribution >= 4 is 11.4 Å². The summed E-state index contributed by atoms with van der Waals surface area (Å²) in [4.78, 5) is 11.9. The summed E-state index contributed by atoms with van der Waals surface area (Å²) < 4.78 is 0. The lowest BCUT2D eigenvalue weighted by molar-refractivity contribution is -0.114. The first-order chi connectivity index (χ1) is 7.25. The van der Waals surface area contributed by atoms with Gasteiger partial charge in [0.25, 0.3) is 0 Å². The molecule has 2 aliphatic rings. The first-order valence-corrected chi connectivity index (χ1v) is 5.61. The number of carbonyl (C=O) groups excluding carboxylic acids is 1. The Balaban J connectivity index is 2.19. The molecule has 0 saturated heterocycles. The lowest BCUT2D eigenvalue weighted by Gasteiger charge is -2.13. The smallest absolute Gasteiger partial charge is 0.163 e. The third-order valence-corrected chi connectivity index (χ3v) is 3.45. The Morgan fingerprint density at radius 1 is 1.20 bits per heavy atom. The van der Waals surface area contributed by atoms with Crippen LogP contribution < -0.4 is 0 Å². The molecule has 0 heterocycles. The number of carbonyl (C=O) groups is 1. The summed E-state index contributed by atoms with van der Waals surface area (Å²) in [6.07, 6.45) is 3.92. The Bertz CT molecular complexity index is 480. The Hall–Kier alpha value is -1.37. The molecule has 0 saturated carbocycles. The molecule has 2 aliphatic carbocycles. The van der Waals surface area contributed by atoms with Gasteiger partial charge in [0, 0.05) is 12.0 Å². The predicted molar refractivity (Wildman–Crippen MR) is 60.7 cm³/mol. The molecule has 0 spiro atoms. The second kappa shape index (κ2) is 3.06. The summed E-state index contributed by atoms with van der Waals surface area (Å²) in [6, 6.07) is 6.49. The van der Waals surface area contributed by atoms with E-state index in [0.29, 0.717) is 5.78 Å². The molecule has 0 bridgehead atoms. The zero-order valence-electron chi connectivity index (χ0n) is 8.97. The van der Waals surface area contributed by atoms with Gasteiger partial charge >= 0.3 is 0 Å². The molecule has 0 N–H and O–H groups in total. The molecule has 0 amide bonds. The fraction of sp³-hybridized carbons (Fsp3) is 0.357. The average Bonchev–Trinajstić information content (AvgIpc) is 2.57. The number of hydrogen-bond acceptors (Lipinski definition) is 1. The molecular weight excluding hydrogens is 184 g/mol. The Kier molecular flexibility index (Phi) is 1.82.